The zero-order valence-corrected chi connectivity index (χ0v) is 12.9. The van der Waals surface area contributed by atoms with Crippen molar-refractivity contribution in [1.82, 2.24) is 10.6 Å². The number of aliphatic carboxylic acids is 1. The first-order valence-corrected chi connectivity index (χ1v) is 6.81. The van der Waals surface area contributed by atoms with Crippen molar-refractivity contribution in [3.63, 3.8) is 0 Å². The monoisotopic (exact) mass is 328 g/mol. The van der Waals surface area contributed by atoms with Gasteiger partial charge in [-0.15, -0.1) is 0 Å². The number of nitrogens with one attached hydrogen (secondary N) is 2. The van der Waals surface area contributed by atoms with Crippen LogP contribution in [0, 0.1) is 11.6 Å². The Morgan fingerprint density at radius 1 is 1.17 bits per heavy atom. The summed E-state index contributed by atoms with van der Waals surface area (Å²) in [6, 6.07) is 1.72. The summed E-state index contributed by atoms with van der Waals surface area (Å²) < 4.78 is 26.1. The zero-order valence-electron chi connectivity index (χ0n) is 12.9. The van der Waals surface area contributed by atoms with E-state index in [1.165, 1.54) is 20.8 Å². The van der Waals surface area contributed by atoms with Crippen LogP contribution in [0.2, 0.25) is 0 Å². The second-order valence-electron chi connectivity index (χ2n) is 5.66. The lowest BCUT2D eigenvalue weighted by molar-refractivity contribution is -0.146. The molecule has 0 aromatic heterocycles. The number of halogens is 2. The Kier molecular flexibility index (Phi) is 5.78. The number of carbonyl (C=O) groups is 3. The van der Waals surface area contributed by atoms with Crippen molar-refractivity contribution in [1.29, 1.82) is 0 Å². The van der Waals surface area contributed by atoms with Crippen LogP contribution in [0.25, 0.3) is 0 Å². The van der Waals surface area contributed by atoms with E-state index in [1.807, 2.05) is 0 Å². The maximum Gasteiger partial charge on any atom is 0.328 e. The van der Waals surface area contributed by atoms with E-state index in [1.54, 1.807) is 0 Å². The molecule has 1 rings (SSSR count). The molecule has 0 unspecified atom stereocenters. The van der Waals surface area contributed by atoms with E-state index >= 15 is 0 Å². The number of rotatable bonds is 6. The van der Waals surface area contributed by atoms with Gasteiger partial charge in [-0.25, -0.2) is 13.6 Å². The largest absolute Gasteiger partial charge is 0.480 e. The standard InChI is InChI=1S/C15H18F2N2O4/c1-8(13(21)19-15(2,3)14(22)23)18-12(20)6-9-4-10(16)7-11(17)5-9/h4-5,7-8H,6H2,1-3H3,(H,18,20)(H,19,21)(H,22,23)/t8-/m0/s1. The maximum atomic E-state index is 13.0. The summed E-state index contributed by atoms with van der Waals surface area (Å²) in [7, 11) is 0. The van der Waals surface area contributed by atoms with E-state index in [-0.39, 0.29) is 12.0 Å². The third-order valence-corrected chi connectivity index (χ3v) is 3.03. The van der Waals surface area contributed by atoms with Gasteiger partial charge in [-0.1, -0.05) is 0 Å². The Morgan fingerprint density at radius 3 is 2.17 bits per heavy atom. The van der Waals surface area contributed by atoms with E-state index in [2.05, 4.69) is 10.6 Å². The lowest BCUT2D eigenvalue weighted by Crippen LogP contribution is -2.55. The summed E-state index contributed by atoms with van der Waals surface area (Å²) in [6.45, 7) is 3.98. The minimum Gasteiger partial charge on any atom is -0.480 e. The Labute approximate surface area is 131 Å². The Morgan fingerprint density at radius 2 is 1.70 bits per heavy atom. The van der Waals surface area contributed by atoms with Crippen molar-refractivity contribution < 1.29 is 28.3 Å². The van der Waals surface area contributed by atoms with Crippen LogP contribution >= 0.6 is 0 Å². The summed E-state index contributed by atoms with van der Waals surface area (Å²) in [5.74, 6) is -4.13. The minimum absolute atomic E-state index is 0.124. The van der Waals surface area contributed by atoms with E-state index < -0.39 is 41.0 Å². The molecular weight excluding hydrogens is 310 g/mol. The predicted molar refractivity (Wildman–Crippen MR) is 77.5 cm³/mol. The van der Waals surface area contributed by atoms with Gasteiger partial charge < -0.3 is 15.7 Å². The van der Waals surface area contributed by atoms with Crippen molar-refractivity contribution in [3.8, 4) is 0 Å². The van der Waals surface area contributed by atoms with Crippen molar-refractivity contribution in [2.75, 3.05) is 0 Å². The van der Waals surface area contributed by atoms with E-state index in [4.69, 9.17) is 5.11 Å². The number of carboxylic acid groups (broad SMARTS) is 1. The third-order valence-electron chi connectivity index (χ3n) is 3.03. The van der Waals surface area contributed by atoms with Crippen LogP contribution in [0.3, 0.4) is 0 Å². The lowest BCUT2D eigenvalue weighted by Gasteiger charge is -2.23. The highest BCUT2D eigenvalue weighted by Gasteiger charge is 2.31. The van der Waals surface area contributed by atoms with Gasteiger partial charge in [0.25, 0.3) is 0 Å². The number of carbonyl (C=O) groups excluding carboxylic acids is 2. The van der Waals surface area contributed by atoms with E-state index in [9.17, 15) is 23.2 Å². The fourth-order valence-corrected chi connectivity index (χ4v) is 1.73. The summed E-state index contributed by atoms with van der Waals surface area (Å²) in [6.07, 6.45) is -0.311. The summed E-state index contributed by atoms with van der Waals surface area (Å²) in [4.78, 5) is 34.6. The van der Waals surface area contributed by atoms with Crippen molar-refractivity contribution >= 4 is 17.8 Å². The molecule has 0 saturated heterocycles. The molecule has 0 radical (unpaired) electrons. The normalized spacial score (nSPS) is 12.4. The Balaban J connectivity index is 2.62. The second-order valence-corrected chi connectivity index (χ2v) is 5.66. The van der Waals surface area contributed by atoms with Crippen LogP contribution in [-0.2, 0) is 20.8 Å². The fourth-order valence-electron chi connectivity index (χ4n) is 1.73. The smallest absolute Gasteiger partial charge is 0.328 e. The molecule has 0 fully saturated rings. The average molecular weight is 328 g/mol. The molecule has 2 amide bonds. The summed E-state index contributed by atoms with van der Waals surface area (Å²) in [5.41, 5.74) is -1.36. The molecule has 0 aliphatic carbocycles. The number of amides is 2. The highest BCUT2D eigenvalue weighted by atomic mass is 19.1. The Hall–Kier alpha value is -2.51. The van der Waals surface area contributed by atoms with E-state index in [0.717, 1.165) is 12.1 Å². The van der Waals surface area contributed by atoms with E-state index in [0.29, 0.717) is 6.07 Å². The lowest BCUT2D eigenvalue weighted by atomic mass is 10.1. The first-order valence-electron chi connectivity index (χ1n) is 6.81. The quantitative estimate of drug-likeness (QED) is 0.726. The molecule has 1 aromatic carbocycles. The molecule has 0 bridgehead atoms. The van der Waals surface area contributed by atoms with Gasteiger partial charge >= 0.3 is 5.97 Å². The third kappa shape index (κ3) is 5.65. The molecule has 6 nitrogen and oxygen atoms in total. The van der Waals surface area contributed by atoms with Crippen LogP contribution in [-0.4, -0.2) is 34.5 Å². The van der Waals surface area contributed by atoms with Gasteiger partial charge in [0.15, 0.2) is 0 Å². The van der Waals surface area contributed by atoms with Crippen molar-refractivity contribution in [3.05, 3.63) is 35.4 Å². The second kappa shape index (κ2) is 7.17. The minimum atomic E-state index is -1.48. The molecular formula is C15H18F2N2O4. The van der Waals surface area contributed by atoms with Crippen LogP contribution in [0.15, 0.2) is 18.2 Å². The van der Waals surface area contributed by atoms with Gasteiger partial charge in [-0.05, 0) is 38.5 Å². The van der Waals surface area contributed by atoms with Gasteiger partial charge in [-0.2, -0.15) is 0 Å². The summed E-state index contributed by atoms with van der Waals surface area (Å²) in [5, 5.41) is 13.5. The number of hydrogen-bond donors (Lipinski definition) is 3. The van der Waals surface area contributed by atoms with Crippen LogP contribution < -0.4 is 10.6 Å². The van der Waals surface area contributed by atoms with Crippen molar-refractivity contribution in [2.45, 2.75) is 38.8 Å². The van der Waals surface area contributed by atoms with Crippen LogP contribution in [0.1, 0.15) is 26.3 Å². The van der Waals surface area contributed by atoms with Gasteiger partial charge in [0.2, 0.25) is 11.8 Å². The molecule has 1 atom stereocenters. The molecule has 0 heterocycles. The predicted octanol–water partition coefficient (Wildman–Crippen LogP) is 0.991. The molecule has 0 spiro atoms. The SMILES string of the molecule is C[C@H](NC(=O)Cc1cc(F)cc(F)c1)C(=O)NC(C)(C)C(=O)O. The molecule has 0 aliphatic rings. The highest BCUT2D eigenvalue weighted by molar-refractivity contribution is 5.91. The molecule has 0 saturated carbocycles. The van der Waals surface area contributed by atoms with Crippen molar-refractivity contribution in [2.24, 2.45) is 0 Å². The fraction of sp³-hybridized carbons (Fsp3) is 0.400. The van der Waals surface area contributed by atoms with Crippen LogP contribution in [0.4, 0.5) is 8.78 Å². The summed E-state index contributed by atoms with van der Waals surface area (Å²) >= 11 is 0. The molecule has 23 heavy (non-hydrogen) atoms. The number of carboxylic acids is 1. The molecule has 3 N–H and O–H groups in total. The van der Waals surface area contributed by atoms with Gasteiger partial charge in [0.1, 0.15) is 23.2 Å². The first kappa shape index (κ1) is 18.5. The van der Waals surface area contributed by atoms with Gasteiger partial charge in [0.05, 0.1) is 6.42 Å². The molecule has 126 valence electrons. The van der Waals surface area contributed by atoms with Gasteiger partial charge in [0, 0.05) is 6.07 Å². The highest BCUT2D eigenvalue weighted by Crippen LogP contribution is 2.09. The Bertz CT molecular complexity index is 612. The molecule has 0 aliphatic heterocycles. The molecule has 8 heteroatoms. The topological polar surface area (TPSA) is 95.5 Å². The first-order chi connectivity index (χ1) is 10.5. The number of hydrogen-bond acceptors (Lipinski definition) is 3. The maximum absolute atomic E-state index is 13.0. The van der Waals surface area contributed by atoms with Gasteiger partial charge in [-0.3, -0.25) is 9.59 Å². The average Bonchev–Trinajstić information content (AvgIpc) is 2.36. The number of benzene rings is 1. The molecule has 1 aromatic rings. The zero-order chi connectivity index (χ0) is 17.8. The van der Waals surface area contributed by atoms with Crippen LogP contribution in [0.5, 0.6) is 0 Å².